The van der Waals surface area contributed by atoms with Gasteiger partial charge in [0.15, 0.2) is 5.82 Å². The van der Waals surface area contributed by atoms with Gasteiger partial charge in [-0.1, -0.05) is 37.6 Å². The van der Waals surface area contributed by atoms with Crippen LogP contribution in [0.5, 0.6) is 6.01 Å². The van der Waals surface area contributed by atoms with Crippen LogP contribution in [0.15, 0.2) is 30.5 Å². The van der Waals surface area contributed by atoms with Crippen molar-refractivity contribution in [3.05, 3.63) is 47.2 Å². The molecule has 2 aromatic heterocycles. The van der Waals surface area contributed by atoms with E-state index in [1.165, 1.54) is 5.56 Å². The topological polar surface area (TPSA) is 103 Å². The van der Waals surface area contributed by atoms with Crippen LogP contribution in [-0.4, -0.2) is 21.6 Å². The Bertz CT molecular complexity index is 827. The van der Waals surface area contributed by atoms with E-state index in [0.29, 0.717) is 25.0 Å². The van der Waals surface area contributed by atoms with E-state index in [4.69, 9.17) is 16.2 Å². The number of H-pyrrole nitrogens is 1. The van der Waals surface area contributed by atoms with Gasteiger partial charge in [-0.3, -0.25) is 0 Å². The molecule has 0 radical (unpaired) electrons. The van der Waals surface area contributed by atoms with Crippen molar-refractivity contribution >= 4 is 16.9 Å². The summed E-state index contributed by atoms with van der Waals surface area (Å²) >= 11 is 0. The molecule has 5 N–H and O–H groups in total. The molecule has 126 valence electrons. The SMILES string of the molecule is CCCCOc1nc(N)c2[nH]cc(Cc3cccc(CN)c3)c2n1. The summed E-state index contributed by atoms with van der Waals surface area (Å²) in [5.41, 5.74) is 16.7. The fourth-order valence-corrected chi connectivity index (χ4v) is 2.65. The smallest absolute Gasteiger partial charge is 0.319 e. The standard InChI is InChI=1S/C18H23N5O/c1-2-3-7-24-18-22-15-14(11-21-16(15)17(20)23-18)9-12-5-4-6-13(8-12)10-19/h4-6,8,11,21H,2-3,7,9-10,19H2,1H3,(H2,20,22,23). The number of fused-ring (bicyclic) bond motifs is 1. The summed E-state index contributed by atoms with van der Waals surface area (Å²) in [4.78, 5) is 11.9. The highest BCUT2D eigenvalue weighted by molar-refractivity contribution is 5.87. The summed E-state index contributed by atoms with van der Waals surface area (Å²) in [6, 6.07) is 8.58. The monoisotopic (exact) mass is 325 g/mol. The van der Waals surface area contributed by atoms with Crippen molar-refractivity contribution in [2.24, 2.45) is 5.73 Å². The van der Waals surface area contributed by atoms with Gasteiger partial charge in [0.1, 0.15) is 11.0 Å². The highest BCUT2D eigenvalue weighted by Gasteiger charge is 2.12. The number of nitrogens with two attached hydrogens (primary N) is 2. The molecule has 1 aromatic carbocycles. The van der Waals surface area contributed by atoms with Crippen molar-refractivity contribution in [1.29, 1.82) is 0 Å². The van der Waals surface area contributed by atoms with Crippen LogP contribution in [-0.2, 0) is 13.0 Å². The molecule has 3 rings (SSSR count). The van der Waals surface area contributed by atoms with E-state index in [1.54, 1.807) is 0 Å². The van der Waals surface area contributed by atoms with Gasteiger partial charge >= 0.3 is 6.01 Å². The van der Waals surface area contributed by atoms with Gasteiger partial charge in [-0.2, -0.15) is 9.97 Å². The maximum Gasteiger partial charge on any atom is 0.319 e. The highest BCUT2D eigenvalue weighted by atomic mass is 16.5. The van der Waals surface area contributed by atoms with Crippen molar-refractivity contribution in [1.82, 2.24) is 15.0 Å². The number of anilines is 1. The molecule has 24 heavy (non-hydrogen) atoms. The maximum atomic E-state index is 6.03. The summed E-state index contributed by atoms with van der Waals surface area (Å²) in [7, 11) is 0. The fraction of sp³-hybridized carbons (Fsp3) is 0.333. The largest absolute Gasteiger partial charge is 0.463 e. The second kappa shape index (κ2) is 7.31. The molecule has 0 aliphatic rings. The van der Waals surface area contributed by atoms with Crippen LogP contribution in [0, 0.1) is 0 Å². The minimum absolute atomic E-state index is 0.338. The Morgan fingerprint density at radius 3 is 2.83 bits per heavy atom. The predicted octanol–water partition coefficient (Wildman–Crippen LogP) is 2.77. The quantitative estimate of drug-likeness (QED) is 0.580. The molecule has 6 nitrogen and oxygen atoms in total. The lowest BCUT2D eigenvalue weighted by Gasteiger charge is -2.06. The van der Waals surface area contributed by atoms with Gasteiger partial charge in [-0.05, 0) is 17.5 Å². The molecule has 0 aliphatic carbocycles. The summed E-state index contributed by atoms with van der Waals surface area (Å²) in [5, 5.41) is 0. The van der Waals surface area contributed by atoms with Gasteiger partial charge in [-0.15, -0.1) is 0 Å². The number of unbranched alkanes of at least 4 members (excludes halogenated alkanes) is 1. The number of ether oxygens (including phenoxy) is 1. The van der Waals surface area contributed by atoms with Gasteiger partial charge in [0, 0.05) is 24.7 Å². The Balaban J connectivity index is 1.90. The number of aromatic nitrogens is 3. The Hall–Kier alpha value is -2.60. The van der Waals surface area contributed by atoms with E-state index in [1.807, 2.05) is 18.3 Å². The second-order valence-electron chi connectivity index (χ2n) is 5.83. The molecule has 0 spiro atoms. The minimum atomic E-state index is 0.338. The van der Waals surface area contributed by atoms with Gasteiger partial charge in [0.05, 0.1) is 6.61 Å². The minimum Gasteiger partial charge on any atom is -0.463 e. The Morgan fingerprint density at radius 1 is 1.21 bits per heavy atom. The van der Waals surface area contributed by atoms with Crippen LogP contribution in [0.2, 0.25) is 0 Å². The first-order valence-electron chi connectivity index (χ1n) is 8.25. The van der Waals surface area contributed by atoms with Crippen LogP contribution < -0.4 is 16.2 Å². The molecular weight excluding hydrogens is 302 g/mol. The van der Waals surface area contributed by atoms with Crippen LogP contribution in [0.1, 0.15) is 36.5 Å². The molecule has 2 heterocycles. The zero-order valence-electron chi connectivity index (χ0n) is 13.9. The third-order valence-corrected chi connectivity index (χ3v) is 3.96. The Labute approximate surface area is 141 Å². The summed E-state index contributed by atoms with van der Waals surface area (Å²) in [5.74, 6) is 0.411. The summed E-state index contributed by atoms with van der Waals surface area (Å²) in [6.45, 7) is 3.24. The first-order chi connectivity index (χ1) is 11.7. The molecule has 0 aliphatic heterocycles. The number of nitrogen functional groups attached to an aromatic ring is 1. The molecule has 0 saturated heterocycles. The predicted molar refractivity (Wildman–Crippen MR) is 95.8 cm³/mol. The van der Waals surface area contributed by atoms with Gasteiger partial charge in [0.2, 0.25) is 0 Å². The number of nitrogens with one attached hydrogen (secondary N) is 1. The normalized spacial score (nSPS) is 11.1. The first kappa shape index (κ1) is 16.3. The van der Waals surface area contributed by atoms with Crippen molar-refractivity contribution in [3.8, 4) is 6.01 Å². The number of hydrogen-bond donors (Lipinski definition) is 3. The van der Waals surface area contributed by atoms with Crippen molar-refractivity contribution in [2.75, 3.05) is 12.3 Å². The van der Waals surface area contributed by atoms with E-state index in [-0.39, 0.29) is 0 Å². The number of rotatable bonds is 7. The lowest BCUT2D eigenvalue weighted by atomic mass is 10.0. The first-order valence-corrected chi connectivity index (χ1v) is 8.25. The third-order valence-electron chi connectivity index (χ3n) is 3.96. The average molecular weight is 325 g/mol. The van der Waals surface area contributed by atoms with Crippen LogP contribution in [0.4, 0.5) is 5.82 Å². The van der Waals surface area contributed by atoms with E-state index >= 15 is 0 Å². The van der Waals surface area contributed by atoms with E-state index in [9.17, 15) is 0 Å². The van der Waals surface area contributed by atoms with Crippen LogP contribution in [0.3, 0.4) is 0 Å². The van der Waals surface area contributed by atoms with Crippen LogP contribution in [0.25, 0.3) is 11.0 Å². The zero-order chi connectivity index (χ0) is 16.9. The van der Waals surface area contributed by atoms with Gasteiger partial charge in [-0.25, -0.2) is 0 Å². The molecule has 0 atom stereocenters. The lowest BCUT2D eigenvalue weighted by Crippen LogP contribution is -2.04. The Kier molecular flexibility index (Phi) is 4.96. The third kappa shape index (κ3) is 3.49. The van der Waals surface area contributed by atoms with E-state index in [0.717, 1.165) is 41.4 Å². The highest BCUT2D eigenvalue weighted by Crippen LogP contribution is 2.25. The number of benzene rings is 1. The molecule has 0 saturated carbocycles. The van der Waals surface area contributed by atoms with Crippen molar-refractivity contribution in [2.45, 2.75) is 32.7 Å². The molecule has 0 unspecified atom stereocenters. The van der Waals surface area contributed by atoms with Crippen LogP contribution >= 0.6 is 0 Å². The molecule has 3 aromatic rings. The van der Waals surface area contributed by atoms with Crippen molar-refractivity contribution < 1.29 is 4.74 Å². The summed E-state index contributed by atoms with van der Waals surface area (Å²) in [6.07, 6.45) is 4.71. The lowest BCUT2D eigenvalue weighted by molar-refractivity contribution is 0.287. The second-order valence-corrected chi connectivity index (χ2v) is 5.83. The zero-order valence-corrected chi connectivity index (χ0v) is 13.9. The van der Waals surface area contributed by atoms with E-state index in [2.05, 4.69) is 34.0 Å². The average Bonchev–Trinajstić information content (AvgIpc) is 2.99. The van der Waals surface area contributed by atoms with Crippen molar-refractivity contribution in [3.63, 3.8) is 0 Å². The number of aromatic amines is 1. The van der Waals surface area contributed by atoms with Gasteiger partial charge < -0.3 is 21.2 Å². The molecular formula is C18H23N5O. The molecule has 0 fully saturated rings. The maximum absolute atomic E-state index is 6.03. The fourth-order valence-electron chi connectivity index (χ4n) is 2.65. The number of nitrogens with zero attached hydrogens (tertiary/aromatic N) is 2. The molecule has 0 bridgehead atoms. The van der Waals surface area contributed by atoms with E-state index < -0.39 is 0 Å². The summed E-state index contributed by atoms with van der Waals surface area (Å²) < 4.78 is 5.61. The molecule has 0 amide bonds. The molecule has 6 heteroatoms. The number of hydrogen-bond acceptors (Lipinski definition) is 5. The van der Waals surface area contributed by atoms with Gasteiger partial charge in [0.25, 0.3) is 0 Å². The Morgan fingerprint density at radius 2 is 2.04 bits per heavy atom.